The lowest BCUT2D eigenvalue weighted by atomic mass is 9.97. The molecule has 1 aromatic rings. The van der Waals surface area contributed by atoms with E-state index in [9.17, 15) is 9.59 Å². The fourth-order valence-electron chi connectivity index (χ4n) is 1.50. The second-order valence-electron chi connectivity index (χ2n) is 3.25. The Balaban J connectivity index is 2.01. The van der Waals surface area contributed by atoms with Gasteiger partial charge in [0.15, 0.2) is 5.78 Å². The SMILES string of the molecule is COC(=O)N1CC(=O)C1Cc1cn[nH]n1. The highest BCUT2D eigenvalue weighted by atomic mass is 16.5. The number of aromatic amines is 1. The zero-order chi connectivity index (χ0) is 10.8. The molecule has 0 spiro atoms. The number of hydrogen-bond acceptors (Lipinski definition) is 5. The number of carbonyl (C=O) groups excluding carboxylic acids is 2. The average molecular weight is 210 g/mol. The van der Waals surface area contributed by atoms with Crippen molar-refractivity contribution >= 4 is 11.9 Å². The first-order valence-electron chi connectivity index (χ1n) is 4.44. The molecule has 1 atom stereocenters. The number of ketones is 1. The Hall–Kier alpha value is -1.92. The number of carbonyl (C=O) groups is 2. The maximum absolute atomic E-state index is 11.3. The zero-order valence-corrected chi connectivity index (χ0v) is 8.14. The molecule has 80 valence electrons. The topological polar surface area (TPSA) is 88.2 Å². The molecule has 0 radical (unpaired) electrons. The molecule has 1 aliphatic heterocycles. The van der Waals surface area contributed by atoms with Crippen LogP contribution in [0.4, 0.5) is 4.79 Å². The van der Waals surface area contributed by atoms with Crippen molar-refractivity contribution < 1.29 is 14.3 Å². The molecule has 7 heteroatoms. The van der Waals surface area contributed by atoms with Crippen molar-refractivity contribution in [3.05, 3.63) is 11.9 Å². The van der Waals surface area contributed by atoms with Gasteiger partial charge in [-0.15, -0.1) is 0 Å². The van der Waals surface area contributed by atoms with E-state index in [4.69, 9.17) is 0 Å². The summed E-state index contributed by atoms with van der Waals surface area (Å²) in [4.78, 5) is 23.8. The summed E-state index contributed by atoms with van der Waals surface area (Å²) < 4.78 is 4.54. The van der Waals surface area contributed by atoms with Crippen molar-refractivity contribution in [1.29, 1.82) is 0 Å². The van der Waals surface area contributed by atoms with Gasteiger partial charge in [-0.1, -0.05) is 0 Å². The van der Waals surface area contributed by atoms with Crippen molar-refractivity contribution in [2.24, 2.45) is 0 Å². The molecule has 1 fully saturated rings. The minimum atomic E-state index is -0.483. The fourth-order valence-corrected chi connectivity index (χ4v) is 1.50. The molecule has 7 nitrogen and oxygen atoms in total. The van der Waals surface area contributed by atoms with E-state index in [2.05, 4.69) is 20.1 Å². The minimum Gasteiger partial charge on any atom is -0.453 e. The van der Waals surface area contributed by atoms with Crippen LogP contribution in [0.5, 0.6) is 0 Å². The molecular weight excluding hydrogens is 200 g/mol. The summed E-state index contributed by atoms with van der Waals surface area (Å²) in [5.41, 5.74) is 0.655. The molecule has 0 saturated carbocycles. The van der Waals surface area contributed by atoms with E-state index < -0.39 is 12.1 Å². The summed E-state index contributed by atoms with van der Waals surface area (Å²) >= 11 is 0. The van der Waals surface area contributed by atoms with Gasteiger partial charge >= 0.3 is 6.09 Å². The van der Waals surface area contributed by atoms with Crippen LogP contribution in [0.3, 0.4) is 0 Å². The maximum Gasteiger partial charge on any atom is 0.410 e. The number of hydrogen-bond donors (Lipinski definition) is 1. The average Bonchev–Trinajstić information content (AvgIpc) is 2.74. The van der Waals surface area contributed by atoms with Gasteiger partial charge in [0.05, 0.1) is 25.5 Å². The largest absolute Gasteiger partial charge is 0.453 e. The second-order valence-corrected chi connectivity index (χ2v) is 3.25. The number of nitrogens with one attached hydrogen (secondary N) is 1. The summed E-state index contributed by atoms with van der Waals surface area (Å²) in [7, 11) is 1.29. The van der Waals surface area contributed by atoms with Crippen molar-refractivity contribution in [3.8, 4) is 0 Å². The van der Waals surface area contributed by atoms with Crippen LogP contribution in [0.15, 0.2) is 6.20 Å². The Morgan fingerprint density at radius 1 is 1.80 bits per heavy atom. The molecule has 1 amide bonds. The molecule has 1 aliphatic rings. The number of rotatable bonds is 2. The van der Waals surface area contributed by atoms with Gasteiger partial charge in [0.2, 0.25) is 0 Å². The van der Waals surface area contributed by atoms with E-state index in [-0.39, 0.29) is 12.3 Å². The number of methoxy groups -OCH3 is 1. The zero-order valence-electron chi connectivity index (χ0n) is 8.14. The lowest BCUT2D eigenvalue weighted by molar-refractivity contribution is -0.134. The molecule has 2 rings (SSSR count). The highest BCUT2D eigenvalue weighted by Gasteiger charge is 2.41. The van der Waals surface area contributed by atoms with Crippen LogP contribution in [-0.4, -0.2) is 51.9 Å². The van der Waals surface area contributed by atoms with Crippen molar-refractivity contribution in [1.82, 2.24) is 20.3 Å². The third-order valence-electron chi connectivity index (χ3n) is 2.35. The number of ether oxygens (including phenoxy) is 1. The molecule has 0 aliphatic carbocycles. The van der Waals surface area contributed by atoms with E-state index >= 15 is 0 Å². The first-order chi connectivity index (χ1) is 7.22. The number of likely N-dealkylation sites (tertiary alicyclic amines) is 1. The monoisotopic (exact) mass is 210 g/mol. The molecule has 2 heterocycles. The Morgan fingerprint density at radius 2 is 2.60 bits per heavy atom. The molecule has 0 aromatic carbocycles. The number of H-pyrrole nitrogens is 1. The minimum absolute atomic E-state index is 0.0170. The lowest BCUT2D eigenvalue weighted by Crippen LogP contribution is -2.60. The quantitative estimate of drug-likeness (QED) is 0.701. The first-order valence-corrected chi connectivity index (χ1v) is 4.44. The van der Waals surface area contributed by atoms with E-state index in [1.165, 1.54) is 18.2 Å². The van der Waals surface area contributed by atoms with Crippen LogP contribution in [0.25, 0.3) is 0 Å². The maximum atomic E-state index is 11.3. The second kappa shape index (κ2) is 3.68. The van der Waals surface area contributed by atoms with Crippen LogP contribution in [0.2, 0.25) is 0 Å². The third-order valence-corrected chi connectivity index (χ3v) is 2.35. The van der Waals surface area contributed by atoms with Crippen LogP contribution in [-0.2, 0) is 16.0 Å². The van der Waals surface area contributed by atoms with Crippen LogP contribution in [0, 0.1) is 0 Å². The summed E-state index contributed by atoms with van der Waals surface area (Å²) in [5.74, 6) is 0.0170. The smallest absolute Gasteiger partial charge is 0.410 e. The van der Waals surface area contributed by atoms with Gasteiger partial charge in [0.1, 0.15) is 6.04 Å². The molecule has 1 N–H and O–H groups in total. The summed E-state index contributed by atoms with van der Waals surface area (Å²) in [5, 5.41) is 9.90. The highest BCUT2D eigenvalue weighted by molar-refractivity contribution is 5.97. The number of amides is 1. The Bertz CT molecular complexity index is 375. The van der Waals surface area contributed by atoms with Gasteiger partial charge in [-0.3, -0.25) is 9.69 Å². The van der Waals surface area contributed by atoms with E-state index in [0.717, 1.165) is 0 Å². The number of Topliss-reactive ketones (excluding diaryl/α,β-unsaturated/α-hetero) is 1. The van der Waals surface area contributed by atoms with Gasteiger partial charge in [0, 0.05) is 6.42 Å². The van der Waals surface area contributed by atoms with Gasteiger partial charge in [-0.05, 0) is 0 Å². The molecule has 1 aromatic heterocycles. The van der Waals surface area contributed by atoms with Gasteiger partial charge in [-0.25, -0.2) is 4.79 Å². The van der Waals surface area contributed by atoms with Gasteiger partial charge in [0.25, 0.3) is 0 Å². The van der Waals surface area contributed by atoms with E-state index in [1.807, 2.05) is 0 Å². The summed E-state index contributed by atoms with van der Waals surface area (Å²) in [6.07, 6.45) is 1.42. The number of aromatic nitrogens is 3. The molecular formula is C8H10N4O3. The summed E-state index contributed by atoms with van der Waals surface area (Å²) in [6, 6.07) is -0.456. The van der Waals surface area contributed by atoms with Crippen LogP contribution >= 0.6 is 0 Å². The predicted molar refractivity (Wildman–Crippen MR) is 48.0 cm³/mol. The molecule has 0 bridgehead atoms. The lowest BCUT2D eigenvalue weighted by Gasteiger charge is -2.37. The van der Waals surface area contributed by atoms with Crippen molar-refractivity contribution in [2.45, 2.75) is 12.5 Å². The molecule has 15 heavy (non-hydrogen) atoms. The normalized spacial score (nSPS) is 19.9. The van der Waals surface area contributed by atoms with E-state index in [1.54, 1.807) is 0 Å². The van der Waals surface area contributed by atoms with Gasteiger partial charge in [-0.2, -0.15) is 15.4 Å². The van der Waals surface area contributed by atoms with Crippen molar-refractivity contribution in [2.75, 3.05) is 13.7 Å². The molecule has 1 saturated heterocycles. The van der Waals surface area contributed by atoms with Crippen molar-refractivity contribution in [3.63, 3.8) is 0 Å². The Morgan fingerprint density at radius 3 is 3.13 bits per heavy atom. The molecule has 1 unspecified atom stereocenters. The first kappa shape index (κ1) is 9.63. The Kier molecular flexibility index (Phi) is 2.36. The summed E-state index contributed by atoms with van der Waals surface area (Å²) in [6.45, 7) is 0.120. The number of nitrogens with zero attached hydrogens (tertiary/aromatic N) is 3. The predicted octanol–water partition coefficient (Wildman–Crippen LogP) is -0.633. The van der Waals surface area contributed by atoms with Gasteiger partial charge < -0.3 is 4.74 Å². The standard InChI is InChI=1S/C8H10N4O3/c1-15-8(14)12-4-7(13)6(12)2-5-3-9-11-10-5/h3,6H,2,4H2,1H3,(H,9,10,11). The van der Waals surface area contributed by atoms with Crippen LogP contribution < -0.4 is 0 Å². The van der Waals surface area contributed by atoms with E-state index in [0.29, 0.717) is 12.1 Å². The highest BCUT2D eigenvalue weighted by Crippen LogP contribution is 2.18. The van der Waals surface area contributed by atoms with Crippen LogP contribution in [0.1, 0.15) is 5.69 Å². The fraction of sp³-hybridized carbons (Fsp3) is 0.500. The Labute approximate surface area is 85.4 Å². The third kappa shape index (κ3) is 1.67.